The summed E-state index contributed by atoms with van der Waals surface area (Å²) >= 11 is 1.39. The average molecular weight is 331 g/mol. The van der Waals surface area contributed by atoms with Gasteiger partial charge in [-0.15, -0.1) is 11.3 Å². The van der Waals surface area contributed by atoms with Crippen molar-refractivity contribution in [1.29, 1.82) is 0 Å². The third-order valence-corrected chi connectivity index (χ3v) is 4.67. The van der Waals surface area contributed by atoms with E-state index in [9.17, 15) is 4.79 Å². The molecule has 2 aromatic rings. The van der Waals surface area contributed by atoms with Crippen molar-refractivity contribution in [1.82, 2.24) is 19.9 Å². The van der Waals surface area contributed by atoms with Crippen LogP contribution in [-0.2, 0) is 0 Å². The van der Waals surface area contributed by atoms with Crippen LogP contribution in [0.2, 0.25) is 0 Å². The van der Waals surface area contributed by atoms with Gasteiger partial charge in [0.1, 0.15) is 16.5 Å². The fraction of sp³-hybridized carbons (Fsp3) is 0.500. The van der Waals surface area contributed by atoms with Gasteiger partial charge in [0.05, 0.1) is 11.7 Å². The Kier molecular flexibility index (Phi) is 4.56. The molecule has 3 heterocycles. The summed E-state index contributed by atoms with van der Waals surface area (Å²) in [5.41, 5.74) is 2.68. The Morgan fingerprint density at radius 2 is 1.96 bits per heavy atom. The first-order valence-electron chi connectivity index (χ1n) is 7.83. The third kappa shape index (κ3) is 3.50. The highest BCUT2D eigenvalue weighted by Gasteiger charge is 2.24. The largest absolute Gasteiger partial charge is 0.353 e. The molecule has 23 heavy (non-hydrogen) atoms. The molecule has 1 aliphatic heterocycles. The van der Waals surface area contributed by atoms with Crippen molar-refractivity contribution in [2.24, 2.45) is 0 Å². The molecule has 0 unspecified atom stereocenters. The van der Waals surface area contributed by atoms with Crippen LogP contribution in [-0.4, -0.2) is 51.9 Å². The second-order valence-electron chi connectivity index (χ2n) is 6.03. The summed E-state index contributed by atoms with van der Waals surface area (Å²) in [6.45, 7) is 9.19. The standard InChI is InChI=1S/C16H21N5OS/c1-11(2)15-18-12(3)8-14(19-15)20-4-6-21(7-5-20)16(22)13-9-17-10-23-13/h8-11H,4-7H2,1-3H3. The van der Waals surface area contributed by atoms with Gasteiger partial charge in [0.15, 0.2) is 0 Å². The lowest BCUT2D eigenvalue weighted by molar-refractivity contribution is 0.0751. The van der Waals surface area contributed by atoms with Gasteiger partial charge >= 0.3 is 0 Å². The summed E-state index contributed by atoms with van der Waals surface area (Å²) in [6, 6.07) is 2.02. The summed E-state index contributed by atoms with van der Waals surface area (Å²) < 4.78 is 0. The number of anilines is 1. The highest BCUT2D eigenvalue weighted by molar-refractivity contribution is 7.11. The van der Waals surface area contributed by atoms with Crippen LogP contribution in [0.15, 0.2) is 17.8 Å². The molecule has 122 valence electrons. The number of rotatable bonds is 3. The molecule has 3 rings (SSSR count). The molecule has 6 nitrogen and oxygen atoms in total. The first-order valence-corrected chi connectivity index (χ1v) is 8.71. The van der Waals surface area contributed by atoms with E-state index in [1.54, 1.807) is 11.7 Å². The summed E-state index contributed by atoms with van der Waals surface area (Å²) in [6.07, 6.45) is 1.64. The van der Waals surface area contributed by atoms with Crippen molar-refractivity contribution < 1.29 is 4.79 Å². The number of amides is 1. The van der Waals surface area contributed by atoms with Crippen molar-refractivity contribution >= 4 is 23.1 Å². The van der Waals surface area contributed by atoms with Gasteiger partial charge in [0, 0.05) is 43.9 Å². The highest BCUT2D eigenvalue weighted by atomic mass is 32.1. The third-order valence-electron chi connectivity index (χ3n) is 3.91. The predicted molar refractivity (Wildman–Crippen MR) is 91.1 cm³/mol. The van der Waals surface area contributed by atoms with Gasteiger partial charge in [0.25, 0.3) is 5.91 Å². The number of aromatic nitrogens is 3. The Morgan fingerprint density at radius 3 is 2.57 bits per heavy atom. The van der Waals surface area contributed by atoms with Crippen LogP contribution in [0.4, 0.5) is 5.82 Å². The molecule has 1 fully saturated rings. The van der Waals surface area contributed by atoms with Crippen LogP contribution in [0.25, 0.3) is 0 Å². The van der Waals surface area contributed by atoms with Crippen molar-refractivity contribution in [2.45, 2.75) is 26.7 Å². The van der Waals surface area contributed by atoms with Crippen LogP contribution >= 0.6 is 11.3 Å². The topological polar surface area (TPSA) is 62.2 Å². The van der Waals surface area contributed by atoms with E-state index >= 15 is 0 Å². The summed E-state index contributed by atoms with van der Waals surface area (Å²) in [5.74, 6) is 2.23. The molecule has 1 aliphatic rings. The summed E-state index contributed by atoms with van der Waals surface area (Å²) in [4.78, 5) is 30.3. The molecule has 0 bridgehead atoms. The molecule has 2 aromatic heterocycles. The van der Waals surface area contributed by atoms with E-state index in [0.717, 1.165) is 30.4 Å². The number of aryl methyl sites for hydroxylation is 1. The van der Waals surface area contributed by atoms with E-state index in [-0.39, 0.29) is 5.91 Å². The maximum atomic E-state index is 12.4. The predicted octanol–water partition coefficient (Wildman–Crippen LogP) is 2.33. The van der Waals surface area contributed by atoms with Gasteiger partial charge in [-0.3, -0.25) is 9.78 Å². The molecule has 1 amide bonds. The zero-order valence-electron chi connectivity index (χ0n) is 13.7. The van der Waals surface area contributed by atoms with Crippen LogP contribution in [0, 0.1) is 6.92 Å². The molecule has 0 radical (unpaired) electrons. The van der Waals surface area contributed by atoms with Gasteiger partial charge in [-0.1, -0.05) is 13.8 Å². The lowest BCUT2D eigenvalue weighted by atomic mass is 10.2. The SMILES string of the molecule is Cc1cc(N2CCN(C(=O)c3cncs3)CC2)nc(C(C)C)n1. The smallest absolute Gasteiger partial charge is 0.265 e. The highest BCUT2D eigenvalue weighted by Crippen LogP contribution is 2.19. The second kappa shape index (κ2) is 6.62. The first kappa shape index (κ1) is 15.9. The van der Waals surface area contributed by atoms with Gasteiger partial charge in [-0.05, 0) is 6.92 Å². The van der Waals surface area contributed by atoms with E-state index in [2.05, 4.69) is 33.7 Å². The molecular formula is C16H21N5OS. The molecule has 1 saturated heterocycles. The molecule has 0 atom stereocenters. The lowest BCUT2D eigenvalue weighted by Gasteiger charge is -2.35. The van der Waals surface area contributed by atoms with Crippen molar-refractivity contribution in [3.05, 3.63) is 34.2 Å². The molecule has 0 aromatic carbocycles. The van der Waals surface area contributed by atoms with Gasteiger partial charge in [0.2, 0.25) is 0 Å². The van der Waals surface area contributed by atoms with Crippen LogP contribution < -0.4 is 4.90 Å². The number of carbonyl (C=O) groups is 1. The number of hydrogen-bond acceptors (Lipinski definition) is 6. The quantitative estimate of drug-likeness (QED) is 0.864. The van der Waals surface area contributed by atoms with E-state index in [4.69, 9.17) is 0 Å². The Labute approximate surface area is 140 Å². The number of carbonyl (C=O) groups excluding carboxylic acids is 1. The van der Waals surface area contributed by atoms with E-state index in [0.29, 0.717) is 23.9 Å². The van der Waals surface area contributed by atoms with Gasteiger partial charge in [-0.25, -0.2) is 9.97 Å². The van der Waals surface area contributed by atoms with E-state index < -0.39 is 0 Å². The minimum Gasteiger partial charge on any atom is -0.353 e. The van der Waals surface area contributed by atoms with Crippen molar-refractivity contribution in [3.63, 3.8) is 0 Å². The number of nitrogens with zero attached hydrogens (tertiary/aromatic N) is 5. The van der Waals surface area contributed by atoms with E-state index in [1.807, 2.05) is 17.9 Å². The Bertz CT molecular complexity index is 678. The van der Waals surface area contributed by atoms with Crippen molar-refractivity contribution in [3.8, 4) is 0 Å². The maximum Gasteiger partial charge on any atom is 0.265 e. The monoisotopic (exact) mass is 331 g/mol. The summed E-state index contributed by atoms with van der Waals surface area (Å²) in [7, 11) is 0. The van der Waals surface area contributed by atoms with Crippen LogP contribution in [0.5, 0.6) is 0 Å². The maximum absolute atomic E-state index is 12.4. The normalized spacial score (nSPS) is 15.3. The van der Waals surface area contributed by atoms with Gasteiger partial charge < -0.3 is 9.80 Å². The average Bonchev–Trinajstić information content (AvgIpc) is 3.08. The molecule has 7 heteroatoms. The van der Waals surface area contributed by atoms with Crippen molar-refractivity contribution in [2.75, 3.05) is 31.1 Å². The Balaban J connectivity index is 1.68. The van der Waals surface area contributed by atoms with Crippen LogP contribution in [0.1, 0.15) is 41.0 Å². The first-order chi connectivity index (χ1) is 11.0. The number of hydrogen-bond donors (Lipinski definition) is 0. The number of piperazine rings is 1. The fourth-order valence-electron chi connectivity index (χ4n) is 2.61. The molecule has 0 N–H and O–H groups in total. The zero-order chi connectivity index (χ0) is 16.4. The number of thiazole rings is 1. The zero-order valence-corrected chi connectivity index (χ0v) is 14.5. The van der Waals surface area contributed by atoms with Gasteiger partial charge in [-0.2, -0.15) is 0 Å². The molecule has 0 spiro atoms. The van der Waals surface area contributed by atoms with E-state index in [1.165, 1.54) is 11.3 Å². The van der Waals surface area contributed by atoms with Crippen LogP contribution in [0.3, 0.4) is 0 Å². The minimum absolute atomic E-state index is 0.0777. The fourth-order valence-corrected chi connectivity index (χ4v) is 3.20. The lowest BCUT2D eigenvalue weighted by Crippen LogP contribution is -2.49. The summed E-state index contributed by atoms with van der Waals surface area (Å²) in [5, 5.41) is 0. The Morgan fingerprint density at radius 1 is 1.22 bits per heavy atom. The Hall–Kier alpha value is -2.02. The minimum atomic E-state index is 0.0777. The molecule has 0 aliphatic carbocycles. The molecule has 0 saturated carbocycles. The second-order valence-corrected chi connectivity index (χ2v) is 6.91. The molecular weight excluding hydrogens is 310 g/mol.